The number of nitrogens with one attached hydrogen (secondary N) is 1. The summed E-state index contributed by atoms with van der Waals surface area (Å²) in [6.07, 6.45) is 0.586. The van der Waals surface area contributed by atoms with Crippen molar-refractivity contribution in [1.29, 1.82) is 0 Å². The van der Waals surface area contributed by atoms with Crippen LogP contribution in [0, 0.1) is 6.92 Å². The fourth-order valence-electron chi connectivity index (χ4n) is 1.76. The highest BCUT2D eigenvalue weighted by Crippen LogP contribution is 2.23. The van der Waals surface area contributed by atoms with Crippen LogP contribution in [0.4, 0.5) is 5.13 Å². The molecule has 124 valence electrons. The molecule has 0 aliphatic heterocycles. The van der Waals surface area contributed by atoms with Crippen molar-refractivity contribution >= 4 is 28.3 Å². The molecule has 0 atom stereocenters. The average molecular weight is 339 g/mol. The Hall–Kier alpha value is -2.42. The molecule has 2 heterocycles. The average Bonchev–Trinajstić information content (AvgIpc) is 3.12. The van der Waals surface area contributed by atoms with Gasteiger partial charge in [0, 0.05) is 18.9 Å². The Labute approximate surface area is 136 Å². The van der Waals surface area contributed by atoms with E-state index in [0.29, 0.717) is 40.4 Å². The highest BCUT2D eigenvalue weighted by Gasteiger charge is 2.17. The summed E-state index contributed by atoms with van der Waals surface area (Å²) in [7, 11) is 1.49. The van der Waals surface area contributed by atoms with Gasteiger partial charge in [0.15, 0.2) is 5.13 Å². The van der Waals surface area contributed by atoms with Gasteiger partial charge in [-0.25, -0.2) is 9.78 Å². The second kappa shape index (κ2) is 7.73. The number of methoxy groups -OCH3 is 1. The first-order chi connectivity index (χ1) is 11.0. The van der Waals surface area contributed by atoms with Crippen LogP contribution in [-0.4, -0.2) is 35.7 Å². The Morgan fingerprint density at radius 3 is 2.87 bits per heavy atom. The maximum absolute atomic E-state index is 11.9. The van der Waals surface area contributed by atoms with E-state index in [9.17, 15) is 9.59 Å². The molecule has 2 aromatic rings. The summed E-state index contributed by atoms with van der Waals surface area (Å²) in [5.41, 5.74) is 0.531. The Balaban J connectivity index is 1.90. The molecule has 1 amide bonds. The quantitative estimate of drug-likeness (QED) is 0.771. The lowest BCUT2D eigenvalue weighted by Gasteiger charge is -1.99. The van der Waals surface area contributed by atoms with Gasteiger partial charge in [-0.15, -0.1) is 0 Å². The number of rotatable bonds is 7. The molecule has 0 spiro atoms. The first-order valence-electron chi connectivity index (χ1n) is 6.97. The van der Waals surface area contributed by atoms with Crippen molar-refractivity contribution in [2.75, 3.05) is 19.0 Å². The van der Waals surface area contributed by atoms with E-state index in [1.165, 1.54) is 7.11 Å². The van der Waals surface area contributed by atoms with Gasteiger partial charge in [0.1, 0.15) is 10.6 Å². The topological polar surface area (TPSA) is 104 Å². The number of anilines is 1. The molecule has 0 aromatic carbocycles. The first-order valence-corrected chi connectivity index (χ1v) is 7.79. The highest BCUT2D eigenvalue weighted by atomic mass is 32.1. The van der Waals surface area contributed by atoms with Crippen LogP contribution in [0.3, 0.4) is 0 Å². The van der Waals surface area contributed by atoms with Crippen LogP contribution in [0.1, 0.15) is 34.5 Å². The van der Waals surface area contributed by atoms with Crippen molar-refractivity contribution < 1.29 is 23.6 Å². The van der Waals surface area contributed by atoms with Gasteiger partial charge in [0.25, 0.3) is 5.88 Å². The van der Waals surface area contributed by atoms with Crippen molar-refractivity contribution in [2.24, 2.45) is 0 Å². The van der Waals surface area contributed by atoms with Gasteiger partial charge >= 0.3 is 5.97 Å². The van der Waals surface area contributed by atoms with Gasteiger partial charge in [0.05, 0.1) is 19.4 Å². The lowest BCUT2D eigenvalue weighted by molar-refractivity contribution is -0.116. The lowest BCUT2D eigenvalue weighted by Crippen LogP contribution is -2.11. The van der Waals surface area contributed by atoms with Gasteiger partial charge in [-0.2, -0.15) is 0 Å². The van der Waals surface area contributed by atoms with Gasteiger partial charge in [0.2, 0.25) is 5.91 Å². The maximum Gasteiger partial charge on any atom is 0.350 e. The summed E-state index contributed by atoms with van der Waals surface area (Å²) in [5.74, 6) is 0.260. The summed E-state index contributed by atoms with van der Waals surface area (Å²) in [6.45, 7) is 3.72. The third kappa shape index (κ3) is 4.52. The number of ether oxygens (including phenoxy) is 2. The van der Waals surface area contributed by atoms with E-state index in [2.05, 4.69) is 15.5 Å². The molecule has 0 unspecified atom stereocenters. The fourth-order valence-corrected chi connectivity index (χ4v) is 2.64. The monoisotopic (exact) mass is 339 g/mol. The number of nitrogens with zero attached hydrogens (tertiary/aromatic N) is 2. The molecule has 1 N–H and O–H groups in total. The molecular formula is C14H17N3O5S. The van der Waals surface area contributed by atoms with Crippen molar-refractivity contribution in [3.8, 4) is 5.88 Å². The molecule has 9 heteroatoms. The SMILES string of the molecule is CCOC(=O)c1sc(NC(=O)CCc2cc(OC)no2)nc1C. The summed E-state index contributed by atoms with van der Waals surface area (Å²) >= 11 is 1.09. The van der Waals surface area contributed by atoms with Crippen molar-refractivity contribution in [2.45, 2.75) is 26.7 Å². The van der Waals surface area contributed by atoms with E-state index in [1.807, 2.05) is 0 Å². The number of carbonyl (C=O) groups excluding carboxylic acids is 2. The summed E-state index contributed by atoms with van der Waals surface area (Å²) < 4.78 is 14.8. The van der Waals surface area contributed by atoms with E-state index < -0.39 is 5.97 Å². The number of aromatic nitrogens is 2. The minimum Gasteiger partial charge on any atom is -0.479 e. The van der Waals surface area contributed by atoms with Crippen LogP contribution in [0.2, 0.25) is 0 Å². The molecule has 2 aromatic heterocycles. The Morgan fingerprint density at radius 2 is 2.22 bits per heavy atom. The van der Waals surface area contributed by atoms with E-state index in [0.717, 1.165) is 11.3 Å². The number of aryl methyl sites for hydroxylation is 2. The predicted molar refractivity (Wildman–Crippen MR) is 82.8 cm³/mol. The summed E-state index contributed by atoms with van der Waals surface area (Å²) in [5, 5.41) is 6.68. The van der Waals surface area contributed by atoms with E-state index in [4.69, 9.17) is 14.0 Å². The van der Waals surface area contributed by atoms with Crippen LogP contribution in [0.15, 0.2) is 10.6 Å². The van der Waals surface area contributed by atoms with E-state index in [1.54, 1.807) is 19.9 Å². The molecule has 8 nitrogen and oxygen atoms in total. The zero-order chi connectivity index (χ0) is 16.8. The van der Waals surface area contributed by atoms with Crippen LogP contribution in [-0.2, 0) is 16.0 Å². The molecule has 2 rings (SSSR count). The van der Waals surface area contributed by atoms with Gasteiger partial charge in [-0.1, -0.05) is 11.3 Å². The van der Waals surface area contributed by atoms with Crippen LogP contribution in [0.25, 0.3) is 0 Å². The van der Waals surface area contributed by atoms with Gasteiger partial charge in [-0.05, 0) is 19.0 Å². The Kier molecular flexibility index (Phi) is 5.69. The van der Waals surface area contributed by atoms with E-state index >= 15 is 0 Å². The molecule has 0 radical (unpaired) electrons. The lowest BCUT2D eigenvalue weighted by atomic mass is 10.2. The normalized spacial score (nSPS) is 10.4. The van der Waals surface area contributed by atoms with Crippen LogP contribution in [0.5, 0.6) is 5.88 Å². The van der Waals surface area contributed by atoms with Crippen LogP contribution >= 0.6 is 11.3 Å². The van der Waals surface area contributed by atoms with E-state index in [-0.39, 0.29) is 12.3 Å². The third-order valence-corrected chi connectivity index (χ3v) is 3.90. The minimum atomic E-state index is -0.434. The summed E-state index contributed by atoms with van der Waals surface area (Å²) in [6, 6.07) is 1.62. The maximum atomic E-state index is 11.9. The minimum absolute atomic E-state index is 0.200. The summed E-state index contributed by atoms with van der Waals surface area (Å²) in [4.78, 5) is 28.2. The zero-order valence-corrected chi connectivity index (χ0v) is 13.9. The second-order valence-electron chi connectivity index (χ2n) is 4.54. The standard InChI is InChI=1S/C14H17N3O5S/c1-4-21-13(19)12-8(2)15-14(23-12)16-10(18)6-5-9-7-11(20-3)17-22-9/h7H,4-6H2,1-3H3,(H,15,16,18). The molecule has 0 saturated heterocycles. The van der Waals surface area contributed by atoms with Crippen LogP contribution < -0.4 is 10.1 Å². The number of hydrogen-bond acceptors (Lipinski definition) is 8. The molecule has 0 bridgehead atoms. The largest absolute Gasteiger partial charge is 0.479 e. The molecular weight excluding hydrogens is 322 g/mol. The van der Waals surface area contributed by atoms with Crippen molar-refractivity contribution in [3.05, 3.63) is 22.4 Å². The van der Waals surface area contributed by atoms with Crippen molar-refractivity contribution in [3.63, 3.8) is 0 Å². The predicted octanol–water partition coefficient (Wildman–Crippen LogP) is 2.20. The third-order valence-electron chi connectivity index (χ3n) is 2.85. The van der Waals surface area contributed by atoms with Gasteiger partial charge < -0.3 is 19.3 Å². The Morgan fingerprint density at radius 1 is 1.43 bits per heavy atom. The highest BCUT2D eigenvalue weighted by molar-refractivity contribution is 7.17. The Bertz CT molecular complexity index is 694. The molecule has 23 heavy (non-hydrogen) atoms. The number of carbonyl (C=O) groups is 2. The molecule has 0 saturated carbocycles. The fraction of sp³-hybridized carbons (Fsp3) is 0.429. The smallest absolute Gasteiger partial charge is 0.350 e. The first kappa shape index (κ1) is 16.9. The second-order valence-corrected chi connectivity index (χ2v) is 5.54. The molecule has 0 aliphatic rings. The molecule has 0 fully saturated rings. The number of esters is 1. The molecule has 0 aliphatic carbocycles. The zero-order valence-electron chi connectivity index (χ0n) is 13.0. The number of thiazole rings is 1. The van der Waals surface area contributed by atoms with Gasteiger partial charge in [-0.3, -0.25) is 4.79 Å². The number of hydrogen-bond donors (Lipinski definition) is 1. The van der Waals surface area contributed by atoms with Crippen molar-refractivity contribution in [1.82, 2.24) is 10.1 Å². The number of amides is 1.